The molecule has 1 aliphatic rings. The predicted octanol–water partition coefficient (Wildman–Crippen LogP) is 3.88. The van der Waals surface area contributed by atoms with Crippen molar-refractivity contribution in [3.8, 4) is 34.1 Å². The third-order valence-corrected chi connectivity index (χ3v) is 6.66. The standard InChI is InChI=1S/C27H28N4O6/c1-33-14-19-24(15-6-8-18(34-2)9-7-15)27-29-28-25-20(31(27)30-19)10-16(11-21(25)32)17-12-22(35-3)26(37-5)23(13-17)36-4/h6-9,12-13,16H,10-11,14H2,1-5H3. The van der Waals surface area contributed by atoms with Gasteiger partial charge in [-0.15, -0.1) is 10.2 Å². The summed E-state index contributed by atoms with van der Waals surface area (Å²) in [6.45, 7) is 0.281. The zero-order valence-electron chi connectivity index (χ0n) is 21.4. The molecule has 1 aliphatic carbocycles. The molecule has 1 atom stereocenters. The molecule has 0 bridgehead atoms. The van der Waals surface area contributed by atoms with Crippen molar-refractivity contribution < 1.29 is 28.5 Å². The normalized spacial score (nSPS) is 14.9. The molecule has 0 saturated heterocycles. The van der Waals surface area contributed by atoms with Crippen LogP contribution >= 0.6 is 0 Å². The number of aromatic nitrogens is 4. The third-order valence-electron chi connectivity index (χ3n) is 6.66. The maximum Gasteiger partial charge on any atom is 0.203 e. The Morgan fingerprint density at radius 2 is 1.59 bits per heavy atom. The molecule has 0 radical (unpaired) electrons. The van der Waals surface area contributed by atoms with E-state index >= 15 is 0 Å². The van der Waals surface area contributed by atoms with E-state index in [2.05, 4.69) is 10.2 Å². The second-order valence-electron chi connectivity index (χ2n) is 8.70. The Hall–Kier alpha value is -4.18. The summed E-state index contributed by atoms with van der Waals surface area (Å²) >= 11 is 0. The Morgan fingerprint density at radius 1 is 0.892 bits per heavy atom. The monoisotopic (exact) mass is 504 g/mol. The molecule has 0 N–H and O–H groups in total. The molecule has 4 aromatic rings. The molecule has 5 rings (SSSR count). The number of carbonyl (C=O) groups is 1. The predicted molar refractivity (Wildman–Crippen MR) is 135 cm³/mol. The van der Waals surface area contributed by atoms with Crippen LogP contribution in [-0.2, 0) is 17.8 Å². The second-order valence-corrected chi connectivity index (χ2v) is 8.70. The molecule has 2 aromatic heterocycles. The van der Waals surface area contributed by atoms with Crippen molar-refractivity contribution in [2.45, 2.75) is 25.4 Å². The summed E-state index contributed by atoms with van der Waals surface area (Å²) in [6, 6.07) is 11.4. The first-order valence-electron chi connectivity index (χ1n) is 11.8. The molecular weight excluding hydrogens is 476 g/mol. The molecule has 2 heterocycles. The van der Waals surface area contributed by atoms with Gasteiger partial charge in [-0.1, -0.05) is 12.1 Å². The van der Waals surface area contributed by atoms with E-state index in [0.717, 1.165) is 22.4 Å². The highest BCUT2D eigenvalue weighted by Gasteiger charge is 2.33. The highest BCUT2D eigenvalue weighted by atomic mass is 16.5. The first-order chi connectivity index (χ1) is 18.0. The molecule has 1 unspecified atom stereocenters. The maximum atomic E-state index is 13.2. The van der Waals surface area contributed by atoms with E-state index in [1.807, 2.05) is 36.4 Å². The van der Waals surface area contributed by atoms with Gasteiger partial charge in [0.1, 0.15) is 5.75 Å². The van der Waals surface area contributed by atoms with Crippen molar-refractivity contribution >= 4 is 11.4 Å². The van der Waals surface area contributed by atoms with Crippen molar-refractivity contribution in [3.05, 3.63) is 59.0 Å². The van der Waals surface area contributed by atoms with Crippen LogP contribution in [-0.4, -0.2) is 61.1 Å². The Kier molecular flexibility index (Phi) is 6.66. The zero-order chi connectivity index (χ0) is 26.1. The molecule has 0 amide bonds. The molecule has 192 valence electrons. The Morgan fingerprint density at radius 3 is 2.19 bits per heavy atom. The van der Waals surface area contributed by atoms with Crippen molar-refractivity contribution in [3.63, 3.8) is 0 Å². The van der Waals surface area contributed by atoms with Gasteiger partial charge in [-0.2, -0.15) is 5.10 Å². The van der Waals surface area contributed by atoms with Crippen LogP contribution in [0.25, 0.3) is 16.8 Å². The van der Waals surface area contributed by atoms with Crippen LogP contribution in [0.2, 0.25) is 0 Å². The highest BCUT2D eigenvalue weighted by Crippen LogP contribution is 2.43. The van der Waals surface area contributed by atoms with E-state index in [-0.39, 0.29) is 24.7 Å². The summed E-state index contributed by atoms with van der Waals surface area (Å²) in [7, 11) is 7.95. The molecule has 10 nitrogen and oxygen atoms in total. The average molecular weight is 505 g/mol. The smallest absolute Gasteiger partial charge is 0.203 e. The number of hydrogen-bond donors (Lipinski definition) is 0. The Balaban J connectivity index is 1.64. The number of rotatable bonds is 8. The van der Waals surface area contributed by atoms with Gasteiger partial charge in [-0.05, 0) is 47.7 Å². The minimum atomic E-state index is -0.138. The summed E-state index contributed by atoms with van der Waals surface area (Å²) in [6.07, 6.45) is 0.811. The quantitative estimate of drug-likeness (QED) is 0.353. The lowest BCUT2D eigenvalue weighted by atomic mass is 9.83. The molecule has 37 heavy (non-hydrogen) atoms. The first-order valence-corrected chi connectivity index (χ1v) is 11.8. The minimum Gasteiger partial charge on any atom is -0.497 e. The molecule has 0 aliphatic heterocycles. The number of carbonyl (C=O) groups excluding carboxylic acids is 1. The van der Waals surface area contributed by atoms with E-state index in [1.165, 1.54) is 0 Å². The van der Waals surface area contributed by atoms with Crippen LogP contribution in [0.4, 0.5) is 0 Å². The van der Waals surface area contributed by atoms with Crippen molar-refractivity contribution in [1.29, 1.82) is 0 Å². The van der Waals surface area contributed by atoms with Gasteiger partial charge in [-0.25, -0.2) is 4.52 Å². The van der Waals surface area contributed by atoms with Crippen LogP contribution in [0.15, 0.2) is 36.4 Å². The minimum absolute atomic E-state index is 0.0933. The number of methoxy groups -OCH3 is 5. The van der Waals surface area contributed by atoms with Gasteiger partial charge in [0.25, 0.3) is 0 Å². The van der Waals surface area contributed by atoms with Crippen LogP contribution in [0.1, 0.15) is 39.8 Å². The van der Waals surface area contributed by atoms with Crippen LogP contribution in [0.5, 0.6) is 23.0 Å². The molecule has 0 fully saturated rings. The number of ether oxygens (including phenoxy) is 5. The van der Waals surface area contributed by atoms with Gasteiger partial charge < -0.3 is 23.7 Å². The van der Waals surface area contributed by atoms with E-state index in [0.29, 0.717) is 46.4 Å². The van der Waals surface area contributed by atoms with Crippen molar-refractivity contribution in [2.24, 2.45) is 0 Å². The summed E-state index contributed by atoms with van der Waals surface area (Å²) in [4.78, 5) is 13.2. The first kappa shape index (κ1) is 24.5. The molecule has 0 saturated carbocycles. The maximum absolute atomic E-state index is 13.2. The number of hydrogen-bond acceptors (Lipinski definition) is 9. The fraction of sp³-hybridized carbons (Fsp3) is 0.333. The van der Waals surface area contributed by atoms with Gasteiger partial charge in [0.15, 0.2) is 28.6 Å². The Bertz CT molecular complexity index is 1440. The van der Waals surface area contributed by atoms with Crippen molar-refractivity contribution in [1.82, 2.24) is 19.8 Å². The number of nitrogens with zero attached hydrogens (tertiary/aromatic N) is 4. The third kappa shape index (κ3) is 4.23. The SMILES string of the molecule is COCc1nn2c3c(nnc2c1-c1ccc(OC)cc1)C(=O)CC(c1cc(OC)c(OC)c(OC)c1)C3. The van der Waals surface area contributed by atoms with E-state index < -0.39 is 0 Å². The number of benzene rings is 2. The molecule has 2 aromatic carbocycles. The second kappa shape index (κ2) is 10.1. The zero-order valence-corrected chi connectivity index (χ0v) is 21.4. The number of Topliss-reactive ketones (excluding diaryl/α,β-unsaturated/α-hetero) is 1. The fourth-order valence-electron chi connectivity index (χ4n) is 4.88. The van der Waals surface area contributed by atoms with Crippen molar-refractivity contribution in [2.75, 3.05) is 35.5 Å². The molecule has 0 spiro atoms. The van der Waals surface area contributed by atoms with Gasteiger partial charge in [-0.3, -0.25) is 4.79 Å². The van der Waals surface area contributed by atoms with E-state index in [9.17, 15) is 4.79 Å². The van der Waals surface area contributed by atoms with E-state index in [1.54, 1.807) is 40.1 Å². The molecular formula is C27H28N4O6. The lowest BCUT2D eigenvalue weighted by Gasteiger charge is -2.24. The molecule has 10 heteroatoms. The lowest BCUT2D eigenvalue weighted by molar-refractivity contribution is 0.0955. The summed E-state index contributed by atoms with van der Waals surface area (Å²) in [5, 5.41) is 13.6. The summed E-state index contributed by atoms with van der Waals surface area (Å²) in [5.41, 5.74) is 4.92. The average Bonchev–Trinajstić information content (AvgIpc) is 3.30. The van der Waals surface area contributed by atoms with Crippen LogP contribution in [0, 0.1) is 0 Å². The Labute approximate surface area is 214 Å². The number of ketones is 1. The number of fused-ring (bicyclic) bond motifs is 3. The largest absolute Gasteiger partial charge is 0.497 e. The van der Waals surface area contributed by atoms with Gasteiger partial charge >= 0.3 is 0 Å². The lowest BCUT2D eigenvalue weighted by Crippen LogP contribution is -2.24. The topological polar surface area (TPSA) is 106 Å². The van der Waals surface area contributed by atoms with Crippen LogP contribution in [0.3, 0.4) is 0 Å². The van der Waals surface area contributed by atoms with Gasteiger partial charge in [0, 0.05) is 13.5 Å². The van der Waals surface area contributed by atoms with E-state index in [4.69, 9.17) is 28.8 Å². The fourth-order valence-corrected chi connectivity index (χ4v) is 4.88. The summed E-state index contributed by atoms with van der Waals surface area (Å²) in [5.74, 6) is 2.10. The highest BCUT2D eigenvalue weighted by molar-refractivity contribution is 5.97. The van der Waals surface area contributed by atoms with Gasteiger partial charge in [0.2, 0.25) is 5.75 Å². The summed E-state index contributed by atoms with van der Waals surface area (Å²) < 4.78 is 29.0. The van der Waals surface area contributed by atoms with Crippen LogP contribution < -0.4 is 18.9 Å². The van der Waals surface area contributed by atoms with Gasteiger partial charge in [0.05, 0.1) is 52.0 Å².